The van der Waals surface area contributed by atoms with Gasteiger partial charge < -0.3 is 30.1 Å². The van der Waals surface area contributed by atoms with Crippen LogP contribution in [0.2, 0.25) is 0 Å². The van der Waals surface area contributed by atoms with Crippen LogP contribution in [0.25, 0.3) is 0 Å². The summed E-state index contributed by atoms with van der Waals surface area (Å²) in [4.78, 5) is 35.1. The number of primary amides is 1. The van der Waals surface area contributed by atoms with E-state index in [0.29, 0.717) is 12.2 Å². The summed E-state index contributed by atoms with van der Waals surface area (Å²) in [6.07, 6.45) is 0.362. The molecule has 0 aromatic heterocycles. The summed E-state index contributed by atoms with van der Waals surface area (Å²) in [6, 6.07) is 7.86. The number of nitrogens with one attached hydrogen (secondary N) is 2. The first-order valence-electron chi connectivity index (χ1n) is 11.3. The van der Waals surface area contributed by atoms with Crippen molar-refractivity contribution in [3.8, 4) is 0 Å². The van der Waals surface area contributed by atoms with Gasteiger partial charge in [-0.15, -0.1) is 0 Å². The topological polar surface area (TPSA) is 111 Å². The van der Waals surface area contributed by atoms with Crippen LogP contribution in [0.4, 0.5) is 10.5 Å². The minimum Gasteiger partial charge on any atom is -0.444 e. The molecule has 0 radical (unpaired) electrons. The molecule has 1 aromatic carbocycles. The van der Waals surface area contributed by atoms with Gasteiger partial charge in [0.15, 0.2) is 6.54 Å². The molecule has 0 unspecified atom stereocenters. The van der Waals surface area contributed by atoms with Crippen LogP contribution < -0.4 is 16.4 Å². The average molecular weight is 448 g/mol. The fourth-order valence-electron chi connectivity index (χ4n) is 4.64. The third-order valence-electron chi connectivity index (χ3n) is 6.54. The van der Waals surface area contributed by atoms with Crippen LogP contribution >= 0.6 is 0 Å². The number of carbonyl (C=O) groups excluding carboxylic acids is 3. The first-order valence-corrected chi connectivity index (χ1v) is 11.3. The summed E-state index contributed by atoms with van der Waals surface area (Å²) in [6.45, 7) is 13.1. The Bertz CT molecular complexity index is 822. The second kappa shape index (κ2) is 9.46. The molecule has 176 valence electrons. The number of amides is 3. The molecule has 0 spiro atoms. The number of hydrogen-bond donors (Lipinski definition) is 3. The van der Waals surface area contributed by atoms with Crippen molar-refractivity contribution < 1.29 is 28.1 Å². The van der Waals surface area contributed by atoms with Gasteiger partial charge in [0.1, 0.15) is 51.4 Å². The minimum absolute atomic E-state index is 0.146. The maximum absolute atomic E-state index is 12.1. The Balaban J connectivity index is 1.42. The third-order valence-corrected chi connectivity index (χ3v) is 6.54. The van der Waals surface area contributed by atoms with Gasteiger partial charge in [0, 0.05) is 12.1 Å². The molecule has 0 saturated carbocycles. The van der Waals surface area contributed by atoms with Gasteiger partial charge in [0.25, 0.3) is 5.91 Å². The van der Waals surface area contributed by atoms with Crippen LogP contribution in [0.5, 0.6) is 0 Å². The predicted molar refractivity (Wildman–Crippen MR) is 122 cm³/mol. The fraction of sp³-hybridized carbons (Fsp3) is 0.609. The summed E-state index contributed by atoms with van der Waals surface area (Å²) >= 11 is 0. The lowest BCUT2D eigenvalue weighted by atomic mass is 10.0. The summed E-state index contributed by atoms with van der Waals surface area (Å²) in [5.41, 5.74) is 6.78. The van der Waals surface area contributed by atoms with Crippen molar-refractivity contribution in [2.45, 2.75) is 32.8 Å². The van der Waals surface area contributed by atoms with Gasteiger partial charge in [-0.25, -0.2) is 4.79 Å². The zero-order valence-electron chi connectivity index (χ0n) is 19.5. The molecule has 4 N–H and O–H groups in total. The number of piperazine rings is 3. The Labute approximate surface area is 190 Å². The lowest BCUT2D eigenvalue weighted by molar-refractivity contribution is -1.08. The maximum Gasteiger partial charge on any atom is 0.408 e. The van der Waals surface area contributed by atoms with E-state index in [1.165, 1.54) is 5.56 Å². The molecule has 3 saturated heterocycles. The second-order valence-electron chi connectivity index (χ2n) is 10.2. The predicted octanol–water partition coefficient (Wildman–Crippen LogP) is 0.838. The van der Waals surface area contributed by atoms with Crippen molar-refractivity contribution in [3.05, 3.63) is 29.8 Å². The molecule has 3 heterocycles. The Hall–Kier alpha value is -2.65. The molecular weight excluding hydrogens is 410 g/mol. The maximum atomic E-state index is 12.1. The highest BCUT2D eigenvalue weighted by molar-refractivity contribution is 5.93. The third kappa shape index (κ3) is 6.67. The SMILES string of the molecule is CC(C)(C)OC(=O)NCC(=O)Nc1ccc(CC[N+]23CC[N+](CC(N)=O)(CC2)CC3)cc1. The molecular formula is C23H37N5O4+2. The van der Waals surface area contributed by atoms with Gasteiger partial charge in [-0.05, 0) is 38.5 Å². The smallest absolute Gasteiger partial charge is 0.408 e. The number of carbonyl (C=O) groups is 3. The minimum atomic E-state index is -0.614. The zero-order valence-corrected chi connectivity index (χ0v) is 19.5. The van der Waals surface area contributed by atoms with Crippen LogP contribution in [0.1, 0.15) is 26.3 Å². The highest BCUT2D eigenvalue weighted by Gasteiger charge is 2.49. The van der Waals surface area contributed by atoms with Crippen LogP contribution in [0.15, 0.2) is 24.3 Å². The van der Waals surface area contributed by atoms with Crippen molar-refractivity contribution in [2.75, 3.05) is 64.2 Å². The number of fused-ring (bicyclic) bond motifs is 3. The number of alkyl carbamates (subject to hydrolysis) is 1. The van der Waals surface area contributed by atoms with E-state index in [0.717, 1.165) is 61.2 Å². The van der Waals surface area contributed by atoms with E-state index in [2.05, 4.69) is 10.6 Å². The molecule has 3 aliphatic rings. The van der Waals surface area contributed by atoms with Gasteiger partial charge in [0.2, 0.25) is 5.91 Å². The van der Waals surface area contributed by atoms with E-state index in [4.69, 9.17) is 10.5 Å². The highest BCUT2D eigenvalue weighted by atomic mass is 16.6. The Kier molecular flexibility index (Phi) is 7.09. The molecule has 1 aromatic rings. The largest absolute Gasteiger partial charge is 0.444 e. The molecule has 0 atom stereocenters. The van der Waals surface area contributed by atoms with Gasteiger partial charge in [-0.2, -0.15) is 0 Å². The van der Waals surface area contributed by atoms with Crippen molar-refractivity contribution in [3.63, 3.8) is 0 Å². The Morgan fingerprint density at radius 2 is 1.53 bits per heavy atom. The van der Waals surface area contributed by atoms with E-state index < -0.39 is 11.7 Å². The fourth-order valence-corrected chi connectivity index (χ4v) is 4.64. The number of hydrogen-bond acceptors (Lipinski definition) is 4. The summed E-state index contributed by atoms with van der Waals surface area (Å²) in [5, 5.41) is 5.24. The number of anilines is 1. The lowest BCUT2D eigenvalue weighted by Crippen LogP contribution is -2.76. The van der Waals surface area contributed by atoms with Gasteiger partial charge in [0.05, 0.1) is 6.54 Å². The van der Waals surface area contributed by atoms with Crippen molar-refractivity contribution >= 4 is 23.6 Å². The number of nitrogens with two attached hydrogens (primary N) is 1. The van der Waals surface area contributed by atoms with Crippen molar-refractivity contribution in [1.82, 2.24) is 5.32 Å². The van der Waals surface area contributed by atoms with Crippen LogP contribution in [0, 0.1) is 0 Å². The molecule has 32 heavy (non-hydrogen) atoms. The van der Waals surface area contributed by atoms with E-state index in [9.17, 15) is 14.4 Å². The first kappa shape index (κ1) is 24.0. The summed E-state index contributed by atoms with van der Waals surface area (Å²) < 4.78 is 7.11. The molecule has 9 heteroatoms. The number of rotatable bonds is 8. The molecule has 3 aliphatic heterocycles. The Morgan fingerprint density at radius 3 is 2.06 bits per heavy atom. The van der Waals surface area contributed by atoms with E-state index in [1.807, 2.05) is 24.3 Å². The van der Waals surface area contributed by atoms with E-state index in [1.54, 1.807) is 20.8 Å². The number of nitrogens with zero attached hydrogens (tertiary/aromatic N) is 2. The van der Waals surface area contributed by atoms with E-state index >= 15 is 0 Å². The summed E-state index contributed by atoms with van der Waals surface area (Å²) in [5.74, 6) is -0.499. The molecule has 2 bridgehead atoms. The van der Waals surface area contributed by atoms with Gasteiger partial charge in [-0.3, -0.25) is 9.59 Å². The van der Waals surface area contributed by atoms with Crippen LogP contribution in [-0.4, -0.2) is 91.4 Å². The molecule has 3 amide bonds. The molecule has 0 aliphatic carbocycles. The highest BCUT2D eigenvalue weighted by Crippen LogP contribution is 2.27. The van der Waals surface area contributed by atoms with Crippen LogP contribution in [-0.2, 0) is 20.7 Å². The number of benzene rings is 1. The monoisotopic (exact) mass is 447 g/mol. The van der Waals surface area contributed by atoms with E-state index in [-0.39, 0.29) is 18.4 Å². The van der Waals surface area contributed by atoms with Gasteiger partial charge in [-0.1, -0.05) is 12.1 Å². The lowest BCUT2D eigenvalue weighted by Gasteiger charge is -2.55. The standard InChI is InChI=1S/C23H35N5O4/c1-23(2,3)32-22(31)25-16-21(30)26-19-6-4-18(5-7-19)8-9-27-10-13-28(14-11-27,15-12-27)17-20(24)29/h4-7H,8-17H2,1-3H3,(H2-2,24,25,26,29,30,31)/p+2. The zero-order chi connectivity index (χ0) is 23.4. The average Bonchev–Trinajstić information content (AvgIpc) is 2.71. The Morgan fingerprint density at radius 1 is 0.969 bits per heavy atom. The number of ether oxygens (including phenoxy) is 1. The second-order valence-corrected chi connectivity index (χ2v) is 10.2. The van der Waals surface area contributed by atoms with Gasteiger partial charge >= 0.3 is 6.09 Å². The quantitative estimate of drug-likeness (QED) is 0.513. The van der Waals surface area contributed by atoms with Crippen molar-refractivity contribution in [2.24, 2.45) is 5.73 Å². The van der Waals surface area contributed by atoms with Crippen LogP contribution in [0.3, 0.4) is 0 Å². The number of quaternary nitrogens is 2. The normalized spacial score (nSPS) is 24.6. The molecule has 4 rings (SSSR count). The van der Waals surface area contributed by atoms with Crippen molar-refractivity contribution in [1.29, 1.82) is 0 Å². The first-order chi connectivity index (χ1) is 15.0. The summed E-state index contributed by atoms with van der Waals surface area (Å²) in [7, 11) is 0. The molecule has 9 nitrogen and oxygen atoms in total. The molecule has 3 fully saturated rings.